The number of ether oxygens (including phenoxy) is 1. The molecular weight excluding hydrogens is 485 g/mol. The summed E-state index contributed by atoms with van der Waals surface area (Å²) in [5, 5.41) is 7.42. The predicted octanol–water partition coefficient (Wildman–Crippen LogP) is 1.39. The average molecular weight is 509 g/mol. The van der Waals surface area contributed by atoms with Gasteiger partial charge in [-0.15, -0.1) is 0 Å². The Labute approximate surface area is 210 Å². The van der Waals surface area contributed by atoms with Crippen LogP contribution in [0.2, 0.25) is 0 Å². The van der Waals surface area contributed by atoms with Gasteiger partial charge in [-0.2, -0.15) is 0 Å². The number of carbonyl (C=O) groups is 5. The van der Waals surface area contributed by atoms with Gasteiger partial charge in [0.15, 0.2) is 0 Å². The van der Waals surface area contributed by atoms with Gasteiger partial charge >= 0.3 is 6.03 Å². The standard InChI is InChI=1S/C25H24FN5O6/c26-15-10-16(12-17(11-15)30-5-7-37-8-6-30)28-25(36)27-13-14-1-2-18-19(9-14)24(35)31(23(18)34)20-3-4-21(32)29-22(20)33/h1-2,9-12,20H,3-8,13H2,(H2,27,28,36)(H,29,32,33). The van der Waals surface area contributed by atoms with Gasteiger partial charge in [0, 0.05) is 37.4 Å². The van der Waals surface area contributed by atoms with Gasteiger partial charge in [-0.05, 0) is 42.3 Å². The fraction of sp³-hybridized carbons (Fsp3) is 0.320. The van der Waals surface area contributed by atoms with E-state index in [1.165, 1.54) is 24.3 Å². The minimum atomic E-state index is -1.05. The highest BCUT2D eigenvalue weighted by Crippen LogP contribution is 2.28. The van der Waals surface area contributed by atoms with Crippen molar-refractivity contribution in [2.24, 2.45) is 0 Å². The van der Waals surface area contributed by atoms with Crippen LogP contribution in [0, 0.1) is 5.82 Å². The number of urea groups is 1. The molecule has 2 aromatic rings. The molecule has 0 bridgehead atoms. The number of amides is 6. The lowest BCUT2D eigenvalue weighted by Gasteiger charge is -2.29. The Balaban J connectivity index is 1.23. The molecule has 12 heteroatoms. The van der Waals surface area contributed by atoms with E-state index in [0.717, 1.165) is 4.90 Å². The zero-order valence-electron chi connectivity index (χ0n) is 19.7. The summed E-state index contributed by atoms with van der Waals surface area (Å²) in [7, 11) is 0. The number of halogens is 1. The summed E-state index contributed by atoms with van der Waals surface area (Å²) in [6, 6.07) is 7.21. The second kappa shape index (κ2) is 9.97. The van der Waals surface area contributed by atoms with Crippen molar-refractivity contribution < 1.29 is 33.1 Å². The highest BCUT2D eigenvalue weighted by Gasteiger charge is 2.44. The van der Waals surface area contributed by atoms with E-state index in [4.69, 9.17) is 4.74 Å². The molecule has 11 nitrogen and oxygen atoms in total. The zero-order valence-corrected chi connectivity index (χ0v) is 19.7. The van der Waals surface area contributed by atoms with E-state index in [0.29, 0.717) is 37.6 Å². The number of carbonyl (C=O) groups excluding carboxylic acids is 5. The van der Waals surface area contributed by atoms with E-state index >= 15 is 0 Å². The Morgan fingerprint density at radius 1 is 1.03 bits per heavy atom. The summed E-state index contributed by atoms with van der Waals surface area (Å²) in [6.45, 7) is 2.36. The third-order valence-corrected chi connectivity index (χ3v) is 6.47. The first-order chi connectivity index (χ1) is 17.8. The Bertz CT molecular complexity index is 1310. The van der Waals surface area contributed by atoms with Gasteiger partial charge in [0.1, 0.15) is 11.9 Å². The van der Waals surface area contributed by atoms with Crippen LogP contribution in [-0.4, -0.2) is 66.9 Å². The molecule has 5 rings (SSSR count). The number of benzene rings is 2. The molecule has 0 aromatic heterocycles. The minimum Gasteiger partial charge on any atom is -0.378 e. The topological polar surface area (TPSA) is 137 Å². The van der Waals surface area contributed by atoms with Gasteiger partial charge in [-0.1, -0.05) is 6.07 Å². The van der Waals surface area contributed by atoms with Crippen molar-refractivity contribution >= 4 is 41.0 Å². The van der Waals surface area contributed by atoms with Gasteiger partial charge in [0.25, 0.3) is 11.8 Å². The van der Waals surface area contributed by atoms with Crippen LogP contribution in [-0.2, 0) is 20.9 Å². The predicted molar refractivity (Wildman–Crippen MR) is 128 cm³/mol. The molecule has 3 heterocycles. The van der Waals surface area contributed by atoms with Gasteiger partial charge < -0.3 is 20.3 Å². The lowest BCUT2D eigenvalue weighted by molar-refractivity contribution is -0.136. The summed E-state index contributed by atoms with van der Waals surface area (Å²) >= 11 is 0. The molecule has 0 aliphatic carbocycles. The second-order valence-corrected chi connectivity index (χ2v) is 8.93. The number of hydrogen-bond donors (Lipinski definition) is 3. The van der Waals surface area contributed by atoms with Gasteiger partial charge in [0.2, 0.25) is 11.8 Å². The molecule has 0 radical (unpaired) electrons. The van der Waals surface area contributed by atoms with E-state index in [2.05, 4.69) is 16.0 Å². The first-order valence-electron chi connectivity index (χ1n) is 11.8. The van der Waals surface area contributed by atoms with Gasteiger partial charge in [-0.3, -0.25) is 29.4 Å². The van der Waals surface area contributed by atoms with E-state index in [-0.39, 0.29) is 36.2 Å². The molecule has 3 N–H and O–H groups in total. The van der Waals surface area contributed by atoms with Crippen molar-refractivity contribution in [1.82, 2.24) is 15.5 Å². The molecular formula is C25H24FN5O6. The number of imide groups is 2. The Morgan fingerprint density at radius 2 is 1.78 bits per heavy atom. The maximum absolute atomic E-state index is 14.2. The quantitative estimate of drug-likeness (QED) is 0.518. The maximum Gasteiger partial charge on any atom is 0.319 e. The summed E-state index contributed by atoms with van der Waals surface area (Å²) in [4.78, 5) is 64.7. The zero-order chi connectivity index (χ0) is 26.1. The number of nitrogens with one attached hydrogen (secondary N) is 3. The lowest BCUT2D eigenvalue weighted by atomic mass is 10.0. The fourth-order valence-electron chi connectivity index (χ4n) is 4.64. The van der Waals surface area contributed by atoms with E-state index in [1.807, 2.05) is 4.90 Å². The maximum atomic E-state index is 14.2. The molecule has 6 amide bonds. The van der Waals surface area contributed by atoms with Crippen LogP contribution in [0.3, 0.4) is 0 Å². The third-order valence-electron chi connectivity index (χ3n) is 6.47. The van der Waals surface area contributed by atoms with Gasteiger partial charge in [0.05, 0.1) is 24.3 Å². The second-order valence-electron chi connectivity index (χ2n) is 8.93. The van der Waals surface area contributed by atoms with Crippen molar-refractivity contribution in [2.45, 2.75) is 25.4 Å². The minimum absolute atomic E-state index is 0.0324. The van der Waals surface area contributed by atoms with Crippen molar-refractivity contribution in [3.63, 3.8) is 0 Å². The molecule has 1 atom stereocenters. The molecule has 3 aliphatic rings. The molecule has 192 valence electrons. The number of rotatable bonds is 5. The van der Waals surface area contributed by atoms with Gasteiger partial charge in [-0.25, -0.2) is 9.18 Å². The van der Waals surface area contributed by atoms with Crippen LogP contribution >= 0.6 is 0 Å². The highest BCUT2D eigenvalue weighted by atomic mass is 19.1. The summed E-state index contributed by atoms with van der Waals surface area (Å²) in [5.41, 5.74) is 1.75. The summed E-state index contributed by atoms with van der Waals surface area (Å²) in [6.07, 6.45) is 0.103. The molecule has 2 fully saturated rings. The van der Waals surface area contributed by atoms with Crippen LogP contribution in [0.1, 0.15) is 39.1 Å². The van der Waals surface area contributed by atoms with E-state index in [9.17, 15) is 28.4 Å². The SMILES string of the molecule is O=C1CCC(N2C(=O)c3ccc(CNC(=O)Nc4cc(F)cc(N5CCOCC5)c4)cc3C2=O)C(=O)N1. The van der Waals surface area contributed by atoms with Crippen LogP contribution < -0.4 is 20.9 Å². The molecule has 37 heavy (non-hydrogen) atoms. The van der Waals surface area contributed by atoms with E-state index in [1.54, 1.807) is 12.1 Å². The average Bonchev–Trinajstić information content (AvgIpc) is 3.12. The summed E-state index contributed by atoms with van der Waals surface area (Å²) < 4.78 is 19.5. The molecule has 0 spiro atoms. The summed E-state index contributed by atoms with van der Waals surface area (Å²) in [5.74, 6) is -2.84. The molecule has 2 saturated heterocycles. The number of hydrogen-bond acceptors (Lipinski definition) is 7. The van der Waals surface area contributed by atoms with E-state index < -0.39 is 41.5 Å². The molecule has 2 aromatic carbocycles. The highest BCUT2D eigenvalue weighted by molar-refractivity contribution is 6.23. The number of piperidine rings is 1. The van der Waals surface area contributed by atoms with Crippen molar-refractivity contribution in [2.75, 3.05) is 36.5 Å². The van der Waals surface area contributed by atoms with Crippen molar-refractivity contribution in [1.29, 1.82) is 0 Å². The van der Waals surface area contributed by atoms with Crippen molar-refractivity contribution in [3.8, 4) is 0 Å². The number of nitrogens with zero attached hydrogens (tertiary/aromatic N) is 2. The Hall–Kier alpha value is -4.32. The monoisotopic (exact) mass is 509 g/mol. The Kier molecular flexibility index (Phi) is 6.57. The van der Waals surface area contributed by atoms with Crippen LogP contribution in [0.15, 0.2) is 36.4 Å². The van der Waals surface area contributed by atoms with Crippen LogP contribution in [0.4, 0.5) is 20.6 Å². The number of morpholine rings is 1. The normalized spacial score (nSPS) is 19.5. The largest absolute Gasteiger partial charge is 0.378 e. The van der Waals surface area contributed by atoms with Crippen LogP contribution in [0.25, 0.3) is 0 Å². The molecule has 3 aliphatic heterocycles. The van der Waals surface area contributed by atoms with Crippen LogP contribution in [0.5, 0.6) is 0 Å². The third kappa shape index (κ3) is 5.00. The first kappa shape index (κ1) is 24.4. The Morgan fingerprint density at radius 3 is 2.54 bits per heavy atom. The lowest BCUT2D eigenvalue weighted by Crippen LogP contribution is -2.54. The number of fused-ring (bicyclic) bond motifs is 1. The van der Waals surface area contributed by atoms with Crippen molar-refractivity contribution in [3.05, 3.63) is 58.9 Å². The molecule has 1 unspecified atom stereocenters. The fourth-order valence-corrected chi connectivity index (χ4v) is 4.64. The smallest absolute Gasteiger partial charge is 0.319 e. The first-order valence-corrected chi connectivity index (χ1v) is 11.8. The number of anilines is 2. The molecule has 0 saturated carbocycles.